The molecule has 1 unspecified atom stereocenters. The lowest BCUT2D eigenvalue weighted by atomic mass is 9.78. The molecule has 4 aliphatic heterocycles. The molecule has 1 aromatic rings. The van der Waals surface area contributed by atoms with E-state index in [1.165, 1.54) is 47.0 Å². The van der Waals surface area contributed by atoms with Crippen molar-refractivity contribution in [1.29, 1.82) is 0 Å². The summed E-state index contributed by atoms with van der Waals surface area (Å²) >= 11 is 0. The van der Waals surface area contributed by atoms with E-state index in [0.29, 0.717) is 0 Å². The number of ether oxygens (including phenoxy) is 6. The number of allylic oxidation sites excluding steroid dienone is 3. The second-order valence-electron chi connectivity index (χ2n) is 14.4. The average molecular weight is 754 g/mol. The SMILES string of the molecule is CO[C@H]1/C=C/O[C@@]2(C)Oc3c(C)c(O)c4c(c3C2=O)C2(C=C(NC(=O)/C(C)=C/C=C/[C@H](C)[C@H](O)[C@@H](C)[C@@H](O)[C@@H](C)[C@H](OC(C)=O)[C@@H]1C)C4=O)OCC(=O)O2. The molecule has 15 nitrogen and oxygen atoms in total. The van der Waals surface area contributed by atoms with E-state index in [1.807, 2.05) is 0 Å². The highest BCUT2D eigenvalue weighted by Crippen LogP contribution is 2.53. The van der Waals surface area contributed by atoms with Crippen molar-refractivity contribution in [3.8, 4) is 11.5 Å². The van der Waals surface area contributed by atoms with Crippen molar-refractivity contribution in [2.75, 3.05) is 13.7 Å². The van der Waals surface area contributed by atoms with Crippen molar-refractivity contribution in [2.45, 2.75) is 91.4 Å². The van der Waals surface area contributed by atoms with Crippen LogP contribution >= 0.6 is 0 Å². The Morgan fingerprint density at radius 1 is 0.963 bits per heavy atom. The quantitative estimate of drug-likeness (QED) is 0.320. The molecule has 5 aliphatic rings. The van der Waals surface area contributed by atoms with Crippen LogP contribution in [0, 0.1) is 30.6 Å². The van der Waals surface area contributed by atoms with Gasteiger partial charge in [0.2, 0.25) is 5.78 Å². The number of Topliss-reactive ketones (excluding diaryl/α,β-unsaturated/α-hetero) is 2. The number of phenols is 1. The minimum absolute atomic E-state index is 0.00812. The van der Waals surface area contributed by atoms with Gasteiger partial charge in [-0.15, -0.1) is 0 Å². The zero-order chi connectivity index (χ0) is 40.0. The van der Waals surface area contributed by atoms with Crippen molar-refractivity contribution in [1.82, 2.24) is 5.32 Å². The van der Waals surface area contributed by atoms with E-state index in [4.69, 9.17) is 28.4 Å². The van der Waals surface area contributed by atoms with Crippen molar-refractivity contribution >= 4 is 29.4 Å². The van der Waals surface area contributed by atoms with Gasteiger partial charge in [-0.1, -0.05) is 45.9 Å². The molecule has 0 radical (unpaired) electrons. The van der Waals surface area contributed by atoms with E-state index in [2.05, 4.69) is 5.32 Å². The number of aliphatic hydroxyl groups is 2. The number of hydrogen-bond donors (Lipinski definition) is 4. The van der Waals surface area contributed by atoms with Crippen molar-refractivity contribution in [3.63, 3.8) is 0 Å². The van der Waals surface area contributed by atoms with Crippen molar-refractivity contribution in [2.24, 2.45) is 23.7 Å². The molecule has 10 atom stereocenters. The van der Waals surface area contributed by atoms with Gasteiger partial charge in [-0.3, -0.25) is 19.2 Å². The highest BCUT2D eigenvalue weighted by atomic mass is 16.8. The number of methoxy groups -OCH3 is 1. The van der Waals surface area contributed by atoms with Gasteiger partial charge in [0.05, 0.1) is 47.0 Å². The number of carbonyl (C=O) groups is 5. The molecule has 292 valence electrons. The zero-order valence-corrected chi connectivity index (χ0v) is 31.6. The zero-order valence-electron chi connectivity index (χ0n) is 31.6. The summed E-state index contributed by atoms with van der Waals surface area (Å²) in [5.74, 6) is -11.4. The Hall–Kier alpha value is -4.83. The minimum atomic E-state index is -2.21. The lowest BCUT2D eigenvalue weighted by Gasteiger charge is -2.38. The summed E-state index contributed by atoms with van der Waals surface area (Å²) in [4.78, 5) is 66.6. The van der Waals surface area contributed by atoms with Crippen LogP contribution in [0.5, 0.6) is 11.5 Å². The molecule has 1 amide bonds. The summed E-state index contributed by atoms with van der Waals surface area (Å²) in [5.41, 5.74) is -1.23. The molecule has 1 saturated heterocycles. The Labute approximate surface area is 312 Å². The fourth-order valence-corrected chi connectivity index (χ4v) is 7.37. The molecule has 15 heteroatoms. The first-order chi connectivity index (χ1) is 25.3. The highest BCUT2D eigenvalue weighted by molar-refractivity contribution is 6.19. The third-order valence-corrected chi connectivity index (χ3v) is 10.6. The Morgan fingerprint density at radius 3 is 2.26 bits per heavy atom. The number of fused-ring (bicyclic) bond motifs is 13. The first-order valence-corrected chi connectivity index (χ1v) is 17.6. The molecule has 1 fully saturated rings. The Morgan fingerprint density at radius 2 is 1.65 bits per heavy atom. The number of carbonyl (C=O) groups excluding carboxylic acids is 5. The minimum Gasteiger partial charge on any atom is -0.507 e. The Bertz CT molecular complexity index is 1880. The van der Waals surface area contributed by atoms with Crippen LogP contribution in [0.15, 0.2) is 47.9 Å². The second-order valence-corrected chi connectivity index (χ2v) is 14.4. The maximum absolute atomic E-state index is 14.3. The average Bonchev–Trinajstić information content (AvgIpc) is 3.62. The number of nitrogens with one attached hydrogen (secondary N) is 1. The predicted octanol–water partition coefficient (Wildman–Crippen LogP) is 3.17. The number of hydrogen-bond acceptors (Lipinski definition) is 14. The van der Waals surface area contributed by atoms with Crippen molar-refractivity contribution in [3.05, 3.63) is 70.2 Å². The van der Waals surface area contributed by atoms with Crippen molar-refractivity contribution < 1.29 is 67.7 Å². The smallest absolute Gasteiger partial charge is 0.335 e. The lowest BCUT2D eigenvalue weighted by molar-refractivity contribution is -0.161. The van der Waals surface area contributed by atoms with E-state index in [9.17, 15) is 39.3 Å². The Kier molecular flexibility index (Phi) is 11.3. The summed E-state index contributed by atoms with van der Waals surface area (Å²) < 4.78 is 34.8. The predicted molar refractivity (Wildman–Crippen MR) is 189 cm³/mol. The fraction of sp³-hybridized carbons (Fsp3) is 0.513. The number of benzene rings is 1. The maximum atomic E-state index is 14.3. The molecule has 54 heavy (non-hydrogen) atoms. The van der Waals surface area contributed by atoms with E-state index in [0.717, 1.165) is 12.3 Å². The monoisotopic (exact) mass is 753 g/mol. The molecule has 0 saturated carbocycles. The van der Waals surface area contributed by atoms with Crippen LogP contribution in [-0.2, 0) is 43.9 Å². The molecule has 4 N–H and O–H groups in total. The number of ketones is 2. The van der Waals surface area contributed by atoms with Crippen LogP contribution in [0.4, 0.5) is 0 Å². The normalized spacial score (nSPS) is 36.6. The first kappa shape index (κ1) is 40.4. The second kappa shape index (κ2) is 15.1. The molecular formula is C39H47NO14. The largest absolute Gasteiger partial charge is 0.507 e. The van der Waals surface area contributed by atoms with Crippen LogP contribution in [0.1, 0.15) is 80.3 Å². The van der Waals surface area contributed by atoms with Gasteiger partial charge in [0.25, 0.3) is 17.5 Å². The van der Waals surface area contributed by atoms with E-state index in [-0.39, 0.29) is 33.7 Å². The molecule has 0 aromatic heterocycles. The van der Waals surface area contributed by atoms with Crippen LogP contribution in [-0.4, -0.2) is 88.7 Å². The van der Waals surface area contributed by atoms with Crippen LogP contribution in [0.25, 0.3) is 0 Å². The van der Waals surface area contributed by atoms with Gasteiger partial charge in [-0.2, -0.15) is 0 Å². The summed E-state index contributed by atoms with van der Waals surface area (Å²) in [6.45, 7) is 11.7. The molecular weight excluding hydrogens is 706 g/mol. The third-order valence-electron chi connectivity index (χ3n) is 10.6. The number of amides is 1. The van der Waals surface area contributed by atoms with Gasteiger partial charge >= 0.3 is 17.7 Å². The highest BCUT2D eigenvalue weighted by Gasteiger charge is 2.58. The van der Waals surface area contributed by atoms with Gasteiger partial charge in [-0.25, -0.2) is 4.79 Å². The fourth-order valence-electron chi connectivity index (χ4n) is 7.37. The topological polar surface area (TPSA) is 213 Å². The summed E-state index contributed by atoms with van der Waals surface area (Å²) in [6, 6.07) is 0. The lowest BCUT2D eigenvalue weighted by Crippen LogP contribution is -2.46. The number of phenolic OH excluding ortho intramolecular Hbond substituents is 1. The molecule has 1 aliphatic carbocycles. The number of esters is 2. The third kappa shape index (κ3) is 7.08. The van der Waals surface area contributed by atoms with Crippen LogP contribution < -0.4 is 10.1 Å². The molecule has 1 spiro atoms. The van der Waals surface area contributed by atoms with E-state index < -0.39 is 107 Å². The first-order valence-electron chi connectivity index (χ1n) is 17.6. The van der Waals surface area contributed by atoms with Gasteiger partial charge in [-0.05, 0) is 19.9 Å². The van der Waals surface area contributed by atoms with Gasteiger partial charge < -0.3 is 49.1 Å². The summed E-state index contributed by atoms with van der Waals surface area (Å²) in [5, 5.41) is 36.6. The molecule has 4 heterocycles. The van der Waals surface area contributed by atoms with Gasteiger partial charge in [0.15, 0.2) is 0 Å². The molecule has 5 bridgehead atoms. The van der Waals surface area contributed by atoms with E-state index in [1.54, 1.807) is 39.8 Å². The molecule has 6 rings (SSSR count). The van der Waals surface area contributed by atoms with Gasteiger partial charge in [0.1, 0.15) is 24.2 Å². The molecule has 1 aromatic carbocycles. The van der Waals surface area contributed by atoms with Crippen LogP contribution in [0.2, 0.25) is 0 Å². The van der Waals surface area contributed by atoms with E-state index >= 15 is 0 Å². The number of aliphatic hydroxyl groups excluding tert-OH is 2. The maximum Gasteiger partial charge on any atom is 0.335 e. The van der Waals surface area contributed by atoms with Crippen LogP contribution in [0.3, 0.4) is 0 Å². The standard InChI is InChI=1S/C39H47NO14/c1-17-11-10-12-18(2)37(48)40-24-15-39(51-16-26(42)53-39)29-27(33(24)46)32(45)22(6)35-28(29)36(47)38(8,54-35)50-14-13-25(49-9)19(3)34(52-23(7)41)21(5)31(44)20(4)30(17)43/h10-15,17,19-21,25,30-31,34,43-45H,16H2,1-9H3,(H,40,48)/b11-10+,14-13+,18-12+/t17-,19+,20+,21+,25-,30-,31+,34+,38-,39?/m0/s1. The number of rotatable bonds is 2. The summed E-state index contributed by atoms with van der Waals surface area (Å²) in [7, 11) is 1.42. The number of aromatic hydroxyl groups is 1. The van der Waals surface area contributed by atoms with Gasteiger partial charge in [0, 0.05) is 61.8 Å². The Balaban J connectivity index is 1.66. The summed E-state index contributed by atoms with van der Waals surface area (Å²) in [6.07, 6.45) is 4.41.